The SMILES string of the molecule is CC1(CN)CCN(c2ccc3c(n2)CCC3)C1. The van der Waals surface area contributed by atoms with Gasteiger partial charge >= 0.3 is 0 Å². The van der Waals surface area contributed by atoms with Crippen LogP contribution >= 0.6 is 0 Å². The van der Waals surface area contributed by atoms with Gasteiger partial charge in [-0.3, -0.25) is 0 Å². The third-order valence-corrected chi connectivity index (χ3v) is 4.29. The molecule has 3 rings (SSSR count). The second-order valence-corrected chi connectivity index (χ2v) is 5.82. The molecule has 2 heterocycles. The van der Waals surface area contributed by atoms with E-state index in [0.29, 0.717) is 0 Å². The molecule has 1 atom stereocenters. The molecule has 0 spiro atoms. The van der Waals surface area contributed by atoms with Crippen molar-refractivity contribution in [1.82, 2.24) is 4.98 Å². The van der Waals surface area contributed by atoms with E-state index in [-0.39, 0.29) is 5.41 Å². The molecule has 0 saturated carbocycles. The molecule has 1 aromatic heterocycles. The van der Waals surface area contributed by atoms with Crippen molar-refractivity contribution in [3.63, 3.8) is 0 Å². The van der Waals surface area contributed by atoms with Crippen molar-refractivity contribution in [1.29, 1.82) is 0 Å². The average Bonchev–Trinajstić information content (AvgIpc) is 2.95. The molecule has 1 fully saturated rings. The van der Waals surface area contributed by atoms with E-state index in [9.17, 15) is 0 Å². The normalized spacial score (nSPS) is 27.5. The Balaban J connectivity index is 1.82. The monoisotopic (exact) mass is 231 g/mol. The van der Waals surface area contributed by atoms with Crippen LogP contribution in [0.4, 0.5) is 5.82 Å². The van der Waals surface area contributed by atoms with E-state index in [0.717, 1.165) is 31.9 Å². The number of hydrogen-bond acceptors (Lipinski definition) is 3. The summed E-state index contributed by atoms with van der Waals surface area (Å²) in [5, 5.41) is 0. The summed E-state index contributed by atoms with van der Waals surface area (Å²) >= 11 is 0. The topological polar surface area (TPSA) is 42.1 Å². The van der Waals surface area contributed by atoms with Crippen LogP contribution in [-0.4, -0.2) is 24.6 Å². The van der Waals surface area contributed by atoms with E-state index in [2.05, 4.69) is 24.0 Å². The Morgan fingerprint density at radius 3 is 3.06 bits per heavy atom. The van der Waals surface area contributed by atoms with Crippen LogP contribution in [-0.2, 0) is 12.8 Å². The number of fused-ring (bicyclic) bond motifs is 1. The zero-order chi connectivity index (χ0) is 11.9. The summed E-state index contributed by atoms with van der Waals surface area (Å²) in [4.78, 5) is 7.21. The lowest BCUT2D eigenvalue weighted by Crippen LogP contribution is -2.31. The van der Waals surface area contributed by atoms with Crippen molar-refractivity contribution in [2.45, 2.75) is 32.6 Å². The lowest BCUT2D eigenvalue weighted by molar-refractivity contribution is 0.383. The van der Waals surface area contributed by atoms with Gasteiger partial charge in [-0.1, -0.05) is 13.0 Å². The van der Waals surface area contributed by atoms with E-state index >= 15 is 0 Å². The highest BCUT2D eigenvalue weighted by molar-refractivity contribution is 5.44. The minimum absolute atomic E-state index is 0.278. The second kappa shape index (κ2) is 3.98. The van der Waals surface area contributed by atoms with Crippen LogP contribution in [0, 0.1) is 5.41 Å². The molecule has 0 radical (unpaired) electrons. The van der Waals surface area contributed by atoms with Crippen molar-refractivity contribution >= 4 is 5.82 Å². The Morgan fingerprint density at radius 1 is 1.41 bits per heavy atom. The Bertz CT molecular complexity index is 429. The number of nitrogens with zero attached hydrogens (tertiary/aromatic N) is 2. The third-order valence-electron chi connectivity index (χ3n) is 4.29. The van der Waals surface area contributed by atoms with Gasteiger partial charge in [-0.2, -0.15) is 0 Å². The molecule has 1 aliphatic heterocycles. The molecule has 1 aromatic rings. The van der Waals surface area contributed by atoms with E-state index in [4.69, 9.17) is 10.7 Å². The number of anilines is 1. The van der Waals surface area contributed by atoms with Crippen molar-refractivity contribution in [3.05, 3.63) is 23.4 Å². The number of rotatable bonds is 2. The smallest absolute Gasteiger partial charge is 0.128 e. The molecule has 3 heteroatoms. The summed E-state index contributed by atoms with van der Waals surface area (Å²) in [7, 11) is 0. The summed E-state index contributed by atoms with van der Waals surface area (Å²) in [6.07, 6.45) is 4.82. The largest absolute Gasteiger partial charge is 0.356 e. The van der Waals surface area contributed by atoms with E-state index in [1.54, 1.807) is 0 Å². The predicted octanol–water partition coefficient (Wildman–Crippen LogP) is 1.75. The van der Waals surface area contributed by atoms with Crippen LogP contribution in [0.25, 0.3) is 0 Å². The van der Waals surface area contributed by atoms with E-state index in [1.165, 1.54) is 30.5 Å². The summed E-state index contributed by atoms with van der Waals surface area (Å²) in [5.41, 5.74) is 8.91. The fourth-order valence-electron chi connectivity index (χ4n) is 2.97. The van der Waals surface area contributed by atoms with Gasteiger partial charge in [0.2, 0.25) is 0 Å². The van der Waals surface area contributed by atoms with Crippen LogP contribution in [0.5, 0.6) is 0 Å². The van der Waals surface area contributed by atoms with Crippen molar-refractivity contribution < 1.29 is 0 Å². The first-order chi connectivity index (χ1) is 8.20. The van der Waals surface area contributed by atoms with Gasteiger partial charge in [-0.05, 0) is 49.3 Å². The highest BCUT2D eigenvalue weighted by atomic mass is 15.2. The molecule has 3 nitrogen and oxygen atoms in total. The molecule has 17 heavy (non-hydrogen) atoms. The zero-order valence-corrected chi connectivity index (χ0v) is 10.6. The van der Waals surface area contributed by atoms with Crippen molar-refractivity contribution in [2.24, 2.45) is 11.1 Å². The van der Waals surface area contributed by atoms with Gasteiger partial charge in [0.25, 0.3) is 0 Å². The fraction of sp³-hybridized carbons (Fsp3) is 0.643. The van der Waals surface area contributed by atoms with Gasteiger partial charge < -0.3 is 10.6 Å². The van der Waals surface area contributed by atoms with Gasteiger partial charge in [0, 0.05) is 18.8 Å². The van der Waals surface area contributed by atoms with Crippen molar-refractivity contribution in [2.75, 3.05) is 24.5 Å². The predicted molar refractivity (Wildman–Crippen MR) is 70.3 cm³/mol. The lowest BCUT2D eigenvalue weighted by atomic mass is 9.90. The van der Waals surface area contributed by atoms with Crippen LogP contribution < -0.4 is 10.6 Å². The van der Waals surface area contributed by atoms with Gasteiger partial charge in [0.15, 0.2) is 0 Å². The number of hydrogen-bond donors (Lipinski definition) is 1. The van der Waals surface area contributed by atoms with Crippen molar-refractivity contribution in [3.8, 4) is 0 Å². The maximum absolute atomic E-state index is 5.85. The fourth-order valence-corrected chi connectivity index (χ4v) is 2.97. The minimum Gasteiger partial charge on any atom is -0.356 e. The Morgan fingerprint density at radius 2 is 2.29 bits per heavy atom. The molecule has 2 N–H and O–H groups in total. The van der Waals surface area contributed by atoms with Crippen LogP contribution in [0.15, 0.2) is 12.1 Å². The van der Waals surface area contributed by atoms with Crippen LogP contribution in [0.2, 0.25) is 0 Å². The molecule has 1 aliphatic carbocycles. The van der Waals surface area contributed by atoms with Gasteiger partial charge in [0.1, 0.15) is 5.82 Å². The number of aryl methyl sites for hydroxylation is 2. The quantitative estimate of drug-likeness (QED) is 0.843. The Kier molecular flexibility index (Phi) is 2.58. The van der Waals surface area contributed by atoms with Crippen LogP contribution in [0.3, 0.4) is 0 Å². The first-order valence-electron chi connectivity index (χ1n) is 6.64. The first-order valence-corrected chi connectivity index (χ1v) is 6.64. The molecular weight excluding hydrogens is 210 g/mol. The zero-order valence-electron chi connectivity index (χ0n) is 10.6. The van der Waals surface area contributed by atoms with Crippen LogP contribution in [0.1, 0.15) is 31.0 Å². The maximum Gasteiger partial charge on any atom is 0.128 e. The lowest BCUT2D eigenvalue weighted by Gasteiger charge is -2.23. The summed E-state index contributed by atoms with van der Waals surface area (Å²) < 4.78 is 0. The molecule has 0 aromatic carbocycles. The third kappa shape index (κ3) is 1.93. The molecule has 0 amide bonds. The molecule has 92 valence electrons. The number of aromatic nitrogens is 1. The number of nitrogens with two attached hydrogens (primary N) is 1. The first kappa shape index (κ1) is 11.0. The highest BCUT2D eigenvalue weighted by Crippen LogP contribution is 2.32. The van der Waals surface area contributed by atoms with E-state index in [1.807, 2.05) is 0 Å². The standard InChI is InChI=1S/C14H21N3/c1-14(9-15)7-8-17(10-14)13-6-5-11-3-2-4-12(11)16-13/h5-6H,2-4,7-10,15H2,1H3. The Hall–Kier alpha value is -1.09. The molecule has 1 unspecified atom stereocenters. The minimum atomic E-state index is 0.278. The van der Waals surface area contributed by atoms with E-state index < -0.39 is 0 Å². The van der Waals surface area contributed by atoms with Gasteiger partial charge in [0.05, 0.1) is 0 Å². The summed E-state index contributed by atoms with van der Waals surface area (Å²) in [6, 6.07) is 4.45. The second-order valence-electron chi connectivity index (χ2n) is 5.82. The maximum atomic E-state index is 5.85. The number of pyridine rings is 1. The molecule has 0 bridgehead atoms. The van der Waals surface area contributed by atoms with Gasteiger partial charge in [-0.25, -0.2) is 4.98 Å². The Labute approximate surface area is 103 Å². The van der Waals surface area contributed by atoms with Gasteiger partial charge in [-0.15, -0.1) is 0 Å². The average molecular weight is 231 g/mol. The highest BCUT2D eigenvalue weighted by Gasteiger charge is 2.33. The summed E-state index contributed by atoms with van der Waals surface area (Å²) in [5.74, 6) is 1.16. The summed E-state index contributed by atoms with van der Waals surface area (Å²) in [6.45, 7) is 5.20. The molecule has 2 aliphatic rings. The molecule has 1 saturated heterocycles. The molecular formula is C14H21N3.